The zero-order valence-corrected chi connectivity index (χ0v) is 13.1. The standard InChI is InChI=1S/C18H27N3/c1-3-15(19)11-14(12-16(20)4-2)18-10-9-13-7-5-6-8-17(13)21-18/h5-10,14-16H,3-4,11-12,19-20H2,1-2H3. The third-order valence-corrected chi connectivity index (χ3v) is 4.26. The SMILES string of the molecule is CCC(N)CC(CC(N)CC)c1ccc2ccccc2n1. The number of aromatic nitrogens is 1. The summed E-state index contributed by atoms with van der Waals surface area (Å²) in [5, 5.41) is 1.18. The molecule has 0 aliphatic heterocycles. The zero-order chi connectivity index (χ0) is 15.2. The van der Waals surface area contributed by atoms with Crippen LogP contribution >= 0.6 is 0 Å². The maximum Gasteiger partial charge on any atom is 0.0705 e. The average molecular weight is 285 g/mol. The minimum absolute atomic E-state index is 0.215. The Labute approximate surface area is 127 Å². The van der Waals surface area contributed by atoms with Crippen molar-refractivity contribution in [2.24, 2.45) is 11.5 Å². The maximum atomic E-state index is 6.17. The van der Waals surface area contributed by atoms with Crippen molar-refractivity contribution in [1.29, 1.82) is 0 Å². The van der Waals surface area contributed by atoms with Crippen LogP contribution in [0.1, 0.15) is 51.1 Å². The van der Waals surface area contributed by atoms with Crippen molar-refractivity contribution in [3.63, 3.8) is 0 Å². The van der Waals surface area contributed by atoms with Gasteiger partial charge in [0.15, 0.2) is 0 Å². The predicted molar refractivity (Wildman–Crippen MR) is 90.3 cm³/mol. The van der Waals surface area contributed by atoms with Gasteiger partial charge in [0.25, 0.3) is 0 Å². The van der Waals surface area contributed by atoms with Gasteiger partial charge >= 0.3 is 0 Å². The van der Waals surface area contributed by atoms with E-state index >= 15 is 0 Å². The van der Waals surface area contributed by atoms with Crippen molar-refractivity contribution in [3.05, 3.63) is 42.1 Å². The minimum Gasteiger partial charge on any atom is -0.328 e. The van der Waals surface area contributed by atoms with Gasteiger partial charge in [-0.05, 0) is 37.8 Å². The van der Waals surface area contributed by atoms with E-state index in [9.17, 15) is 0 Å². The lowest BCUT2D eigenvalue weighted by Crippen LogP contribution is -2.27. The van der Waals surface area contributed by atoms with Crippen molar-refractivity contribution in [3.8, 4) is 0 Å². The summed E-state index contributed by atoms with van der Waals surface area (Å²) in [4.78, 5) is 4.84. The van der Waals surface area contributed by atoms with Gasteiger partial charge in [0.2, 0.25) is 0 Å². The van der Waals surface area contributed by atoms with Gasteiger partial charge in [-0.25, -0.2) is 0 Å². The highest BCUT2D eigenvalue weighted by Gasteiger charge is 2.19. The monoisotopic (exact) mass is 285 g/mol. The second kappa shape index (κ2) is 7.53. The van der Waals surface area contributed by atoms with Crippen LogP contribution in [0.2, 0.25) is 0 Å². The van der Waals surface area contributed by atoms with Crippen LogP contribution in [0.5, 0.6) is 0 Å². The molecule has 1 heterocycles. The van der Waals surface area contributed by atoms with Gasteiger partial charge < -0.3 is 11.5 Å². The van der Waals surface area contributed by atoms with Crippen LogP contribution < -0.4 is 11.5 Å². The molecule has 0 saturated heterocycles. The van der Waals surface area contributed by atoms with Gasteiger partial charge in [0, 0.05) is 29.1 Å². The lowest BCUT2D eigenvalue weighted by Gasteiger charge is -2.23. The number of fused-ring (bicyclic) bond motifs is 1. The molecule has 2 rings (SSSR count). The first-order valence-corrected chi connectivity index (χ1v) is 8.00. The highest BCUT2D eigenvalue weighted by Crippen LogP contribution is 2.27. The Hall–Kier alpha value is -1.45. The summed E-state index contributed by atoms with van der Waals surface area (Å²) in [6, 6.07) is 13.0. The molecular formula is C18H27N3. The molecule has 114 valence electrons. The normalized spacial score (nSPS) is 15.8. The van der Waals surface area contributed by atoms with Gasteiger partial charge in [0.05, 0.1) is 5.52 Å². The fourth-order valence-corrected chi connectivity index (χ4v) is 2.71. The molecule has 0 saturated carbocycles. The summed E-state index contributed by atoms with van der Waals surface area (Å²) < 4.78 is 0. The lowest BCUT2D eigenvalue weighted by atomic mass is 9.88. The van der Waals surface area contributed by atoms with Gasteiger partial charge in [-0.1, -0.05) is 38.1 Å². The minimum atomic E-state index is 0.215. The van der Waals surface area contributed by atoms with Gasteiger partial charge in [-0.3, -0.25) is 4.98 Å². The molecule has 3 heteroatoms. The summed E-state index contributed by atoms with van der Waals surface area (Å²) in [5.74, 6) is 0.347. The van der Waals surface area contributed by atoms with E-state index in [0.29, 0.717) is 5.92 Å². The molecule has 1 aromatic carbocycles. The first-order valence-electron chi connectivity index (χ1n) is 8.00. The molecule has 21 heavy (non-hydrogen) atoms. The van der Waals surface area contributed by atoms with Gasteiger partial charge in [0.1, 0.15) is 0 Å². The molecule has 2 atom stereocenters. The summed E-state index contributed by atoms with van der Waals surface area (Å²) >= 11 is 0. The first-order chi connectivity index (χ1) is 10.1. The van der Waals surface area contributed by atoms with E-state index in [4.69, 9.17) is 16.5 Å². The number of nitrogens with zero attached hydrogens (tertiary/aromatic N) is 1. The van der Waals surface area contributed by atoms with Crippen LogP contribution in [0.15, 0.2) is 36.4 Å². The molecule has 0 radical (unpaired) electrons. The van der Waals surface area contributed by atoms with E-state index in [2.05, 4.69) is 38.1 Å². The van der Waals surface area contributed by atoms with E-state index in [1.165, 1.54) is 5.39 Å². The van der Waals surface area contributed by atoms with E-state index in [1.54, 1.807) is 0 Å². The number of hydrogen-bond acceptors (Lipinski definition) is 3. The highest BCUT2D eigenvalue weighted by molar-refractivity contribution is 5.78. The van der Waals surface area contributed by atoms with Crippen molar-refractivity contribution in [2.45, 2.75) is 57.5 Å². The third-order valence-electron chi connectivity index (χ3n) is 4.26. The third kappa shape index (κ3) is 4.26. The Balaban J connectivity index is 2.27. The number of hydrogen-bond donors (Lipinski definition) is 2. The van der Waals surface area contributed by atoms with E-state index in [0.717, 1.165) is 36.9 Å². The number of nitrogens with two attached hydrogens (primary N) is 2. The van der Waals surface area contributed by atoms with Crippen LogP contribution in [0.3, 0.4) is 0 Å². The van der Waals surface area contributed by atoms with E-state index in [1.807, 2.05) is 12.1 Å². The smallest absolute Gasteiger partial charge is 0.0705 e. The fraction of sp³-hybridized carbons (Fsp3) is 0.500. The maximum absolute atomic E-state index is 6.17. The van der Waals surface area contributed by atoms with E-state index in [-0.39, 0.29) is 12.1 Å². The topological polar surface area (TPSA) is 64.9 Å². The van der Waals surface area contributed by atoms with Crippen molar-refractivity contribution in [1.82, 2.24) is 4.98 Å². The molecule has 0 spiro atoms. The molecule has 1 aromatic heterocycles. The van der Waals surface area contributed by atoms with Gasteiger partial charge in [-0.2, -0.15) is 0 Å². The molecule has 3 nitrogen and oxygen atoms in total. The van der Waals surface area contributed by atoms with Crippen molar-refractivity contribution in [2.75, 3.05) is 0 Å². The number of para-hydroxylation sites is 1. The quantitative estimate of drug-likeness (QED) is 0.817. The summed E-state index contributed by atoms with van der Waals surface area (Å²) in [6.45, 7) is 4.27. The van der Waals surface area contributed by atoms with Crippen LogP contribution in [0, 0.1) is 0 Å². The predicted octanol–water partition coefficient (Wildman–Crippen LogP) is 3.57. The Morgan fingerprint density at radius 2 is 1.52 bits per heavy atom. The van der Waals surface area contributed by atoms with Crippen LogP contribution in [-0.2, 0) is 0 Å². The average Bonchev–Trinajstić information content (AvgIpc) is 2.53. The van der Waals surface area contributed by atoms with Crippen molar-refractivity contribution >= 4 is 10.9 Å². The zero-order valence-electron chi connectivity index (χ0n) is 13.1. The largest absolute Gasteiger partial charge is 0.328 e. The second-order valence-corrected chi connectivity index (χ2v) is 5.93. The molecule has 0 bridgehead atoms. The molecule has 0 fully saturated rings. The Bertz CT molecular complexity index is 555. The number of pyridine rings is 1. The lowest BCUT2D eigenvalue weighted by molar-refractivity contribution is 0.441. The summed E-state index contributed by atoms with van der Waals surface area (Å²) in [6.07, 6.45) is 3.89. The molecular weight excluding hydrogens is 258 g/mol. The fourth-order valence-electron chi connectivity index (χ4n) is 2.71. The Morgan fingerprint density at radius 3 is 2.14 bits per heavy atom. The number of benzene rings is 1. The first kappa shape index (κ1) is 15.9. The Morgan fingerprint density at radius 1 is 0.905 bits per heavy atom. The Kier molecular flexibility index (Phi) is 5.71. The van der Waals surface area contributed by atoms with Crippen LogP contribution in [-0.4, -0.2) is 17.1 Å². The van der Waals surface area contributed by atoms with Crippen LogP contribution in [0.4, 0.5) is 0 Å². The molecule has 0 amide bonds. The molecule has 2 unspecified atom stereocenters. The van der Waals surface area contributed by atoms with Gasteiger partial charge in [-0.15, -0.1) is 0 Å². The van der Waals surface area contributed by atoms with E-state index < -0.39 is 0 Å². The molecule has 2 aromatic rings. The molecule has 0 aliphatic rings. The summed E-state index contributed by atoms with van der Waals surface area (Å²) in [5.41, 5.74) is 14.5. The van der Waals surface area contributed by atoms with Crippen LogP contribution in [0.25, 0.3) is 10.9 Å². The molecule has 4 N–H and O–H groups in total. The highest BCUT2D eigenvalue weighted by atomic mass is 14.7. The number of rotatable bonds is 7. The van der Waals surface area contributed by atoms with Crippen molar-refractivity contribution < 1.29 is 0 Å². The summed E-state index contributed by atoms with van der Waals surface area (Å²) in [7, 11) is 0. The molecule has 0 aliphatic carbocycles. The second-order valence-electron chi connectivity index (χ2n) is 5.93.